The van der Waals surface area contributed by atoms with E-state index in [9.17, 15) is 0 Å². The first-order valence-electron chi connectivity index (χ1n) is 8.63. The molecular formula is C19H29ClIN5. The normalized spacial score (nSPS) is 11.8. The van der Waals surface area contributed by atoms with E-state index >= 15 is 0 Å². The van der Waals surface area contributed by atoms with E-state index < -0.39 is 0 Å². The number of guanidine groups is 1. The molecule has 2 rings (SSSR count). The lowest BCUT2D eigenvalue weighted by molar-refractivity contribution is 0.359. The lowest BCUT2D eigenvalue weighted by atomic mass is 9.86. The highest BCUT2D eigenvalue weighted by molar-refractivity contribution is 14.0. The van der Waals surface area contributed by atoms with Crippen LogP contribution in [0.15, 0.2) is 48.0 Å². The van der Waals surface area contributed by atoms with Crippen LogP contribution in [-0.2, 0) is 13.0 Å². The minimum absolute atomic E-state index is 0. The molecule has 5 nitrogen and oxygen atoms in total. The molecular weight excluding hydrogens is 461 g/mol. The molecule has 0 amide bonds. The van der Waals surface area contributed by atoms with Crippen molar-refractivity contribution >= 4 is 41.5 Å². The molecule has 144 valence electrons. The molecule has 0 saturated heterocycles. The third-order valence-electron chi connectivity index (χ3n) is 3.97. The summed E-state index contributed by atoms with van der Waals surface area (Å²) < 4.78 is 2.08. The van der Waals surface area contributed by atoms with E-state index in [1.165, 1.54) is 5.56 Å². The minimum atomic E-state index is 0. The van der Waals surface area contributed by atoms with Gasteiger partial charge in [0.2, 0.25) is 0 Å². The molecule has 1 aromatic carbocycles. The van der Waals surface area contributed by atoms with Crippen molar-refractivity contribution in [3.8, 4) is 0 Å². The molecule has 0 spiro atoms. The number of aryl methyl sites for hydroxylation is 1. The Kier molecular flexibility index (Phi) is 10.0. The van der Waals surface area contributed by atoms with Crippen LogP contribution in [0.2, 0.25) is 5.02 Å². The monoisotopic (exact) mass is 489 g/mol. The summed E-state index contributed by atoms with van der Waals surface area (Å²) in [5.74, 6) is 0.838. The predicted octanol–water partition coefficient (Wildman–Crippen LogP) is 3.98. The van der Waals surface area contributed by atoms with Gasteiger partial charge in [0.25, 0.3) is 0 Å². The number of nitrogens with one attached hydrogen (secondary N) is 2. The lowest BCUT2D eigenvalue weighted by Crippen LogP contribution is -2.43. The van der Waals surface area contributed by atoms with Gasteiger partial charge in [-0.15, -0.1) is 24.0 Å². The molecule has 0 radical (unpaired) electrons. The summed E-state index contributed by atoms with van der Waals surface area (Å²) in [6.07, 6.45) is 7.59. The number of halogens is 2. The van der Waals surface area contributed by atoms with Crippen LogP contribution >= 0.6 is 35.6 Å². The van der Waals surface area contributed by atoms with Gasteiger partial charge in [-0.1, -0.05) is 37.6 Å². The molecule has 26 heavy (non-hydrogen) atoms. The van der Waals surface area contributed by atoms with Gasteiger partial charge in [0.05, 0.1) is 6.33 Å². The highest BCUT2D eigenvalue weighted by Gasteiger charge is 2.19. The highest BCUT2D eigenvalue weighted by atomic mass is 127. The average Bonchev–Trinajstić information content (AvgIpc) is 3.07. The number of aliphatic imine (C=N–C) groups is 1. The van der Waals surface area contributed by atoms with Gasteiger partial charge >= 0.3 is 0 Å². The van der Waals surface area contributed by atoms with Crippen LogP contribution < -0.4 is 10.6 Å². The van der Waals surface area contributed by atoms with Crippen LogP contribution in [0.5, 0.6) is 0 Å². The topological polar surface area (TPSA) is 54.2 Å². The summed E-state index contributed by atoms with van der Waals surface area (Å²) in [4.78, 5) is 8.35. The van der Waals surface area contributed by atoms with Gasteiger partial charge < -0.3 is 15.2 Å². The van der Waals surface area contributed by atoms with E-state index in [4.69, 9.17) is 11.6 Å². The predicted molar refractivity (Wildman–Crippen MR) is 121 cm³/mol. The second-order valence-corrected chi connectivity index (χ2v) is 7.41. The van der Waals surface area contributed by atoms with E-state index in [-0.39, 0.29) is 29.4 Å². The fraction of sp³-hybridized carbons (Fsp3) is 0.474. The van der Waals surface area contributed by atoms with Crippen molar-refractivity contribution in [1.29, 1.82) is 0 Å². The Labute approximate surface area is 178 Å². The molecule has 1 heterocycles. The van der Waals surface area contributed by atoms with Crippen LogP contribution in [0.1, 0.15) is 25.8 Å². The Hall–Kier alpha value is -1.28. The van der Waals surface area contributed by atoms with Crippen molar-refractivity contribution in [2.45, 2.75) is 33.2 Å². The quantitative estimate of drug-likeness (QED) is 0.255. The maximum absolute atomic E-state index is 6.08. The zero-order chi connectivity index (χ0) is 18.1. The fourth-order valence-corrected chi connectivity index (χ4v) is 2.91. The van der Waals surface area contributed by atoms with Crippen LogP contribution in [0.4, 0.5) is 0 Å². The standard InChI is InChI=1S/C19H28ClN5.HI/c1-19(2,13-16-6-4-7-17(20)12-16)14-24-18(21-3)23-8-5-10-25-11-9-22-15-25;/h4,6-7,9,11-12,15H,5,8,10,13-14H2,1-3H3,(H2,21,23,24);1H. The molecule has 2 aromatic rings. The van der Waals surface area contributed by atoms with Gasteiger partial charge in [-0.25, -0.2) is 4.98 Å². The first-order valence-corrected chi connectivity index (χ1v) is 9.01. The third-order valence-corrected chi connectivity index (χ3v) is 4.21. The Balaban J connectivity index is 0.00000338. The lowest BCUT2D eigenvalue weighted by Gasteiger charge is -2.26. The number of hydrogen-bond acceptors (Lipinski definition) is 2. The van der Waals surface area contributed by atoms with E-state index in [1.807, 2.05) is 30.7 Å². The molecule has 2 N–H and O–H groups in total. The highest BCUT2D eigenvalue weighted by Crippen LogP contribution is 2.22. The first-order chi connectivity index (χ1) is 12.0. The van der Waals surface area contributed by atoms with E-state index in [0.717, 1.165) is 43.5 Å². The summed E-state index contributed by atoms with van der Waals surface area (Å²) in [5, 5.41) is 7.57. The summed E-state index contributed by atoms with van der Waals surface area (Å²) in [6, 6.07) is 8.07. The van der Waals surface area contributed by atoms with Crippen molar-refractivity contribution in [1.82, 2.24) is 20.2 Å². The van der Waals surface area contributed by atoms with Crippen LogP contribution in [0.3, 0.4) is 0 Å². The number of benzene rings is 1. The van der Waals surface area contributed by atoms with Crippen LogP contribution in [0.25, 0.3) is 0 Å². The van der Waals surface area contributed by atoms with Gasteiger partial charge in [-0.05, 0) is 36.0 Å². The number of rotatable bonds is 8. The second-order valence-electron chi connectivity index (χ2n) is 6.98. The van der Waals surface area contributed by atoms with Crippen molar-refractivity contribution < 1.29 is 0 Å². The van der Waals surface area contributed by atoms with Gasteiger partial charge in [0, 0.05) is 44.1 Å². The molecule has 0 saturated carbocycles. The van der Waals surface area contributed by atoms with Gasteiger partial charge in [-0.3, -0.25) is 4.99 Å². The zero-order valence-electron chi connectivity index (χ0n) is 15.7. The third kappa shape index (κ3) is 8.40. The summed E-state index contributed by atoms with van der Waals surface area (Å²) in [6.45, 7) is 7.14. The van der Waals surface area contributed by atoms with E-state index in [1.54, 1.807) is 13.2 Å². The molecule has 0 aliphatic heterocycles. The van der Waals surface area contributed by atoms with Crippen molar-refractivity contribution in [3.63, 3.8) is 0 Å². The Morgan fingerprint density at radius 3 is 2.77 bits per heavy atom. The Morgan fingerprint density at radius 1 is 1.31 bits per heavy atom. The maximum atomic E-state index is 6.08. The number of nitrogens with zero attached hydrogens (tertiary/aromatic N) is 3. The van der Waals surface area contributed by atoms with Crippen molar-refractivity contribution in [2.75, 3.05) is 20.1 Å². The number of hydrogen-bond donors (Lipinski definition) is 2. The van der Waals surface area contributed by atoms with Gasteiger partial charge in [0.1, 0.15) is 0 Å². The van der Waals surface area contributed by atoms with E-state index in [2.05, 4.69) is 45.1 Å². The molecule has 0 aliphatic rings. The number of aromatic nitrogens is 2. The molecule has 0 aliphatic carbocycles. The Morgan fingerprint density at radius 2 is 2.12 bits per heavy atom. The molecule has 1 aromatic heterocycles. The van der Waals surface area contributed by atoms with Crippen LogP contribution in [0, 0.1) is 5.41 Å². The molecule has 7 heteroatoms. The Bertz CT molecular complexity index is 670. The first kappa shape index (κ1) is 22.8. The largest absolute Gasteiger partial charge is 0.356 e. The second kappa shape index (κ2) is 11.4. The van der Waals surface area contributed by atoms with Crippen LogP contribution in [-0.4, -0.2) is 35.6 Å². The zero-order valence-corrected chi connectivity index (χ0v) is 18.8. The van der Waals surface area contributed by atoms with E-state index in [0.29, 0.717) is 0 Å². The maximum Gasteiger partial charge on any atom is 0.190 e. The average molecular weight is 490 g/mol. The van der Waals surface area contributed by atoms with Gasteiger partial charge in [0.15, 0.2) is 5.96 Å². The summed E-state index contributed by atoms with van der Waals surface area (Å²) >= 11 is 6.08. The summed E-state index contributed by atoms with van der Waals surface area (Å²) in [5.41, 5.74) is 1.35. The molecule has 0 fully saturated rings. The fourth-order valence-electron chi connectivity index (χ4n) is 2.69. The minimum Gasteiger partial charge on any atom is -0.356 e. The van der Waals surface area contributed by atoms with Crippen molar-refractivity contribution in [3.05, 3.63) is 53.6 Å². The van der Waals surface area contributed by atoms with Crippen molar-refractivity contribution in [2.24, 2.45) is 10.4 Å². The SMILES string of the molecule is CN=C(NCCCn1ccnc1)NCC(C)(C)Cc1cccc(Cl)c1.I. The number of imidazole rings is 1. The molecule has 0 bridgehead atoms. The summed E-state index contributed by atoms with van der Waals surface area (Å²) in [7, 11) is 1.80. The smallest absolute Gasteiger partial charge is 0.190 e. The molecule has 0 unspecified atom stereocenters. The van der Waals surface area contributed by atoms with Gasteiger partial charge in [-0.2, -0.15) is 0 Å². The molecule has 0 atom stereocenters.